The molecular weight excluding hydrogens is 351 g/mol. The zero-order valence-electron chi connectivity index (χ0n) is 15.2. The zero-order chi connectivity index (χ0) is 19.6. The molecule has 0 fully saturated rings. The van der Waals surface area contributed by atoms with E-state index in [0.717, 1.165) is 5.69 Å². The molecule has 3 rings (SSSR count). The molecule has 2 amide bonds. The highest BCUT2D eigenvalue weighted by Gasteiger charge is 2.16. The van der Waals surface area contributed by atoms with Gasteiger partial charge in [-0.2, -0.15) is 5.10 Å². The van der Waals surface area contributed by atoms with E-state index in [2.05, 4.69) is 15.7 Å². The van der Waals surface area contributed by atoms with Crippen LogP contribution in [0.4, 0.5) is 10.1 Å². The molecule has 27 heavy (non-hydrogen) atoms. The number of aromatic nitrogens is 2. The van der Waals surface area contributed by atoms with E-state index in [9.17, 15) is 14.0 Å². The van der Waals surface area contributed by atoms with Gasteiger partial charge in [0.05, 0.1) is 29.2 Å². The van der Waals surface area contributed by atoms with Gasteiger partial charge in [0.2, 0.25) is 5.91 Å². The van der Waals surface area contributed by atoms with Gasteiger partial charge in [0, 0.05) is 7.05 Å². The van der Waals surface area contributed by atoms with E-state index in [1.54, 1.807) is 36.9 Å². The van der Waals surface area contributed by atoms with E-state index in [1.807, 2.05) is 6.92 Å². The van der Waals surface area contributed by atoms with Crippen molar-refractivity contribution in [3.8, 4) is 11.3 Å². The number of carbonyl (C=O) groups excluding carboxylic acids is 2. The van der Waals surface area contributed by atoms with E-state index < -0.39 is 11.7 Å². The third kappa shape index (κ3) is 3.89. The molecule has 2 heterocycles. The molecule has 0 saturated carbocycles. The van der Waals surface area contributed by atoms with Gasteiger partial charge >= 0.3 is 0 Å². The fourth-order valence-electron chi connectivity index (χ4n) is 2.65. The fourth-order valence-corrected chi connectivity index (χ4v) is 2.65. The number of amides is 2. The molecule has 0 saturated heterocycles. The lowest BCUT2D eigenvalue weighted by Gasteiger charge is -2.06. The van der Waals surface area contributed by atoms with Crippen molar-refractivity contribution in [3.63, 3.8) is 0 Å². The lowest BCUT2D eigenvalue weighted by molar-refractivity contribution is -0.115. The molecule has 3 aromatic rings. The Balaban J connectivity index is 1.61. The second-order valence-electron chi connectivity index (χ2n) is 6.04. The topological polar surface area (TPSA) is 89.2 Å². The minimum absolute atomic E-state index is 0.00482. The summed E-state index contributed by atoms with van der Waals surface area (Å²) < 4.78 is 20.9. The van der Waals surface area contributed by atoms with Crippen LogP contribution in [0.25, 0.3) is 11.3 Å². The fraction of sp³-hybridized carbons (Fsp3) is 0.211. The molecule has 0 spiro atoms. The first-order chi connectivity index (χ1) is 12.9. The first-order valence-electron chi connectivity index (χ1n) is 8.30. The van der Waals surface area contributed by atoms with E-state index in [1.165, 1.54) is 18.2 Å². The van der Waals surface area contributed by atoms with Crippen molar-refractivity contribution in [2.24, 2.45) is 7.05 Å². The number of nitrogens with one attached hydrogen (secondary N) is 2. The smallest absolute Gasteiger partial charge is 0.287 e. The number of furan rings is 1. The Morgan fingerprint density at radius 1 is 1.19 bits per heavy atom. The Kier molecular flexibility index (Phi) is 5.07. The van der Waals surface area contributed by atoms with E-state index in [0.29, 0.717) is 11.4 Å². The van der Waals surface area contributed by atoms with E-state index in [4.69, 9.17) is 4.42 Å². The molecule has 8 heteroatoms. The van der Waals surface area contributed by atoms with Crippen molar-refractivity contribution in [2.45, 2.75) is 13.8 Å². The predicted molar refractivity (Wildman–Crippen MR) is 97.7 cm³/mol. The van der Waals surface area contributed by atoms with Crippen LogP contribution >= 0.6 is 0 Å². The van der Waals surface area contributed by atoms with Crippen LogP contribution in [0, 0.1) is 19.7 Å². The van der Waals surface area contributed by atoms with Gasteiger partial charge in [0.15, 0.2) is 5.76 Å². The summed E-state index contributed by atoms with van der Waals surface area (Å²) in [7, 11) is 1.78. The molecule has 140 valence electrons. The Labute approximate surface area is 155 Å². The summed E-state index contributed by atoms with van der Waals surface area (Å²) in [5.74, 6) is -1.16. The van der Waals surface area contributed by atoms with Crippen molar-refractivity contribution in [1.29, 1.82) is 0 Å². The first-order valence-corrected chi connectivity index (χ1v) is 8.30. The van der Waals surface area contributed by atoms with Crippen LogP contribution in [0.3, 0.4) is 0 Å². The summed E-state index contributed by atoms with van der Waals surface area (Å²) in [5, 5.41) is 9.42. The van der Waals surface area contributed by atoms with Crippen LogP contribution in [0.15, 0.2) is 40.8 Å². The van der Waals surface area contributed by atoms with Crippen molar-refractivity contribution in [1.82, 2.24) is 15.1 Å². The molecule has 2 N–H and O–H groups in total. The standard InChI is InChI=1S/C19H19FN4O3/c1-11-18(12(2)24(3)23-11)22-17(25)10-21-19(26)16-9-8-15(27-16)13-6-4-5-7-14(13)20/h4-9H,10H2,1-3H3,(H,21,26)(H,22,25). The highest BCUT2D eigenvalue weighted by atomic mass is 19.1. The highest BCUT2D eigenvalue weighted by molar-refractivity contribution is 5.98. The Bertz CT molecular complexity index is 1010. The summed E-state index contributed by atoms with van der Waals surface area (Å²) in [4.78, 5) is 24.3. The lowest BCUT2D eigenvalue weighted by Crippen LogP contribution is -2.32. The third-order valence-corrected chi connectivity index (χ3v) is 4.15. The molecule has 7 nitrogen and oxygen atoms in total. The zero-order valence-corrected chi connectivity index (χ0v) is 15.2. The molecule has 0 unspecified atom stereocenters. The molecule has 0 aliphatic heterocycles. The SMILES string of the molecule is Cc1nn(C)c(C)c1NC(=O)CNC(=O)c1ccc(-c2ccccc2F)o1. The minimum Gasteiger partial charge on any atom is -0.451 e. The number of anilines is 1. The second kappa shape index (κ2) is 7.45. The largest absolute Gasteiger partial charge is 0.451 e. The summed E-state index contributed by atoms with van der Waals surface area (Å²) in [6, 6.07) is 9.06. The maximum absolute atomic E-state index is 13.8. The average Bonchev–Trinajstić information content (AvgIpc) is 3.21. The molecule has 0 radical (unpaired) electrons. The highest BCUT2D eigenvalue weighted by Crippen LogP contribution is 2.24. The summed E-state index contributed by atoms with van der Waals surface area (Å²) >= 11 is 0. The van der Waals surface area contributed by atoms with Crippen molar-refractivity contribution < 1.29 is 18.4 Å². The number of benzene rings is 1. The normalized spacial score (nSPS) is 10.7. The van der Waals surface area contributed by atoms with Crippen LogP contribution in [0.1, 0.15) is 21.9 Å². The number of carbonyl (C=O) groups is 2. The Hall–Kier alpha value is -3.42. The summed E-state index contributed by atoms with van der Waals surface area (Å²) in [6.45, 7) is 3.39. The van der Waals surface area contributed by atoms with Gasteiger partial charge in [0.1, 0.15) is 11.6 Å². The molecular formula is C19H19FN4O3. The second-order valence-corrected chi connectivity index (χ2v) is 6.04. The number of rotatable bonds is 5. The average molecular weight is 370 g/mol. The van der Waals surface area contributed by atoms with Crippen LogP contribution in [0.2, 0.25) is 0 Å². The van der Waals surface area contributed by atoms with Gasteiger partial charge in [-0.3, -0.25) is 14.3 Å². The predicted octanol–water partition coefficient (Wildman–Crippen LogP) is 2.80. The van der Waals surface area contributed by atoms with Gasteiger partial charge in [-0.25, -0.2) is 4.39 Å². The van der Waals surface area contributed by atoms with Gasteiger partial charge in [-0.15, -0.1) is 0 Å². The molecule has 0 aliphatic carbocycles. The molecule has 2 aromatic heterocycles. The van der Waals surface area contributed by atoms with Crippen molar-refractivity contribution in [3.05, 3.63) is 59.4 Å². The van der Waals surface area contributed by atoms with Gasteiger partial charge < -0.3 is 15.1 Å². The van der Waals surface area contributed by atoms with Crippen LogP contribution in [-0.4, -0.2) is 28.1 Å². The number of hydrogen-bond acceptors (Lipinski definition) is 4. The third-order valence-electron chi connectivity index (χ3n) is 4.15. The molecule has 0 bridgehead atoms. The van der Waals surface area contributed by atoms with Crippen LogP contribution in [-0.2, 0) is 11.8 Å². The maximum atomic E-state index is 13.8. The van der Waals surface area contributed by atoms with Crippen LogP contribution < -0.4 is 10.6 Å². The van der Waals surface area contributed by atoms with Gasteiger partial charge in [-0.05, 0) is 38.1 Å². The molecule has 0 atom stereocenters. The lowest BCUT2D eigenvalue weighted by atomic mass is 10.1. The van der Waals surface area contributed by atoms with Gasteiger partial charge in [0.25, 0.3) is 5.91 Å². The number of hydrogen-bond donors (Lipinski definition) is 2. The van der Waals surface area contributed by atoms with Crippen molar-refractivity contribution in [2.75, 3.05) is 11.9 Å². The number of aryl methyl sites for hydroxylation is 2. The molecule has 1 aromatic carbocycles. The first kappa shape index (κ1) is 18.4. The summed E-state index contributed by atoms with van der Waals surface area (Å²) in [6.07, 6.45) is 0. The Morgan fingerprint density at radius 2 is 1.93 bits per heavy atom. The monoisotopic (exact) mass is 370 g/mol. The van der Waals surface area contributed by atoms with Crippen LogP contribution in [0.5, 0.6) is 0 Å². The summed E-state index contributed by atoms with van der Waals surface area (Å²) in [5.41, 5.74) is 2.39. The number of halogens is 1. The maximum Gasteiger partial charge on any atom is 0.287 e. The molecule has 0 aliphatic rings. The number of nitrogens with zero attached hydrogens (tertiary/aromatic N) is 2. The van der Waals surface area contributed by atoms with Gasteiger partial charge in [-0.1, -0.05) is 12.1 Å². The minimum atomic E-state index is -0.563. The Morgan fingerprint density at radius 3 is 2.59 bits per heavy atom. The van der Waals surface area contributed by atoms with E-state index >= 15 is 0 Å². The quantitative estimate of drug-likeness (QED) is 0.723. The van der Waals surface area contributed by atoms with E-state index in [-0.39, 0.29) is 29.5 Å². The van der Waals surface area contributed by atoms with Crippen molar-refractivity contribution >= 4 is 17.5 Å².